The minimum Gasteiger partial charge on any atom is -0.480 e. The van der Waals surface area contributed by atoms with E-state index < -0.39 is 30.9 Å². The van der Waals surface area contributed by atoms with Crippen molar-refractivity contribution in [1.29, 1.82) is 0 Å². The van der Waals surface area contributed by atoms with E-state index in [2.05, 4.69) is 0 Å². The average molecular weight is 267 g/mol. The van der Waals surface area contributed by atoms with E-state index >= 15 is 0 Å². The predicted molar refractivity (Wildman–Crippen MR) is 66.2 cm³/mol. The fraction of sp³-hybridized carbons (Fsp3) is 0.909. The summed E-state index contributed by atoms with van der Waals surface area (Å²) in [6.45, 7) is 5.74. The Morgan fingerprint density at radius 2 is 1.17 bits per heavy atom. The molecule has 5 N–H and O–H groups in total. The zero-order chi connectivity index (χ0) is 14.7. The first-order chi connectivity index (χ1) is 8.18. The van der Waals surface area contributed by atoms with E-state index in [0.29, 0.717) is 19.6 Å². The topological polar surface area (TPSA) is 121 Å². The molecule has 3 atom stereocenters. The molecule has 0 saturated heterocycles. The third-order valence-electron chi connectivity index (χ3n) is 1.70. The van der Waals surface area contributed by atoms with Crippen LogP contribution in [0.15, 0.2) is 0 Å². The van der Waals surface area contributed by atoms with Gasteiger partial charge in [-0.05, 0) is 20.8 Å². The van der Waals surface area contributed by atoms with Crippen LogP contribution in [0.25, 0.3) is 0 Å². The Hall–Kier alpha value is -0.730. The number of carbonyl (C=O) groups is 1. The zero-order valence-corrected chi connectivity index (χ0v) is 11.2. The molecule has 110 valence electrons. The van der Waals surface area contributed by atoms with E-state index in [9.17, 15) is 0 Å². The van der Waals surface area contributed by atoms with Crippen LogP contribution in [0.1, 0.15) is 20.8 Å². The van der Waals surface area contributed by atoms with Crippen molar-refractivity contribution in [2.24, 2.45) is 0 Å². The molecule has 0 bridgehead atoms. The standard InChI is InChI=1S/C9H21NO3.C2H4O3/c1-7(11)4-10(5-8(2)12)6-9(3)13;3-1-2(4)5/h7-9,11-13H,4-6H2,1-3H3;3H,1H2,(H,4,5). The number of aliphatic hydroxyl groups excluding tert-OH is 4. The van der Waals surface area contributed by atoms with E-state index in [1.807, 2.05) is 4.90 Å². The number of aliphatic carboxylic acids is 1. The summed E-state index contributed by atoms with van der Waals surface area (Å²) in [7, 11) is 0. The minimum atomic E-state index is -1.19. The van der Waals surface area contributed by atoms with Crippen LogP contribution >= 0.6 is 0 Å². The largest absolute Gasteiger partial charge is 0.480 e. The molecule has 0 spiro atoms. The van der Waals surface area contributed by atoms with Gasteiger partial charge in [0, 0.05) is 19.6 Å². The summed E-state index contributed by atoms with van der Waals surface area (Å²) in [5, 5.41) is 42.4. The Bertz CT molecular complexity index is 184. The summed E-state index contributed by atoms with van der Waals surface area (Å²) in [4.78, 5) is 11.0. The van der Waals surface area contributed by atoms with Gasteiger partial charge in [0.15, 0.2) is 0 Å². The second-order valence-corrected chi connectivity index (χ2v) is 4.32. The number of hydrogen-bond acceptors (Lipinski definition) is 6. The van der Waals surface area contributed by atoms with Crippen molar-refractivity contribution in [2.75, 3.05) is 26.2 Å². The van der Waals surface area contributed by atoms with Gasteiger partial charge in [-0.1, -0.05) is 0 Å². The van der Waals surface area contributed by atoms with E-state index in [1.54, 1.807) is 20.8 Å². The summed E-state index contributed by atoms with van der Waals surface area (Å²) in [6.07, 6.45) is -1.30. The number of rotatable bonds is 7. The summed E-state index contributed by atoms with van der Waals surface area (Å²) in [6, 6.07) is 0. The smallest absolute Gasteiger partial charge is 0.329 e. The van der Waals surface area contributed by atoms with Gasteiger partial charge in [-0.15, -0.1) is 0 Å². The molecule has 0 aromatic rings. The Morgan fingerprint density at radius 3 is 1.28 bits per heavy atom. The molecule has 3 unspecified atom stereocenters. The third-order valence-corrected chi connectivity index (χ3v) is 1.70. The van der Waals surface area contributed by atoms with Crippen molar-refractivity contribution in [3.63, 3.8) is 0 Å². The molecule has 7 nitrogen and oxygen atoms in total. The van der Waals surface area contributed by atoms with E-state index in [1.165, 1.54) is 0 Å². The van der Waals surface area contributed by atoms with Crippen molar-refractivity contribution in [3.8, 4) is 0 Å². The molecule has 0 aromatic carbocycles. The highest BCUT2D eigenvalue weighted by Crippen LogP contribution is 1.97. The maximum atomic E-state index is 9.14. The molecule has 0 fully saturated rings. The van der Waals surface area contributed by atoms with Crippen LogP contribution in [-0.4, -0.2) is 81.0 Å². The Labute approximate surface area is 107 Å². The fourth-order valence-electron chi connectivity index (χ4n) is 1.34. The Morgan fingerprint density at radius 1 is 0.944 bits per heavy atom. The molecule has 18 heavy (non-hydrogen) atoms. The quantitative estimate of drug-likeness (QED) is 0.380. The van der Waals surface area contributed by atoms with Gasteiger partial charge >= 0.3 is 5.97 Å². The fourth-order valence-corrected chi connectivity index (χ4v) is 1.34. The van der Waals surface area contributed by atoms with Gasteiger partial charge in [0.2, 0.25) is 0 Å². The monoisotopic (exact) mass is 267 g/mol. The van der Waals surface area contributed by atoms with Crippen LogP contribution in [0.2, 0.25) is 0 Å². The zero-order valence-electron chi connectivity index (χ0n) is 11.2. The summed E-state index contributed by atoms with van der Waals surface area (Å²) in [5.74, 6) is -1.19. The van der Waals surface area contributed by atoms with Crippen LogP contribution in [-0.2, 0) is 4.79 Å². The highest BCUT2D eigenvalue weighted by molar-refractivity contribution is 5.67. The van der Waals surface area contributed by atoms with Crippen molar-refractivity contribution >= 4 is 5.97 Å². The number of aliphatic hydroxyl groups is 4. The molecule has 0 aliphatic heterocycles. The number of hydrogen-bond donors (Lipinski definition) is 5. The lowest BCUT2D eigenvalue weighted by atomic mass is 10.2. The normalized spacial score (nSPS) is 15.6. The molecule has 0 saturated carbocycles. The maximum absolute atomic E-state index is 9.14. The molecule has 0 aliphatic rings. The lowest BCUT2D eigenvalue weighted by Gasteiger charge is -2.25. The summed E-state index contributed by atoms with van der Waals surface area (Å²) >= 11 is 0. The average Bonchev–Trinajstić information content (AvgIpc) is 2.14. The number of nitrogens with zero attached hydrogens (tertiary/aromatic N) is 1. The SMILES string of the molecule is CC(O)CN(CC(C)O)CC(C)O.O=C(O)CO. The highest BCUT2D eigenvalue weighted by atomic mass is 16.4. The van der Waals surface area contributed by atoms with Crippen molar-refractivity contribution in [3.05, 3.63) is 0 Å². The molecule has 7 heteroatoms. The first-order valence-corrected chi connectivity index (χ1v) is 5.78. The number of carboxylic acids is 1. The lowest BCUT2D eigenvalue weighted by Crippen LogP contribution is -2.40. The van der Waals surface area contributed by atoms with Gasteiger partial charge < -0.3 is 25.5 Å². The third kappa shape index (κ3) is 17.7. The van der Waals surface area contributed by atoms with Gasteiger partial charge in [0.05, 0.1) is 18.3 Å². The minimum absolute atomic E-state index is 0.433. The van der Waals surface area contributed by atoms with Crippen molar-refractivity contribution < 1.29 is 30.3 Å². The summed E-state index contributed by atoms with van der Waals surface area (Å²) < 4.78 is 0. The van der Waals surface area contributed by atoms with Crippen LogP contribution in [0.4, 0.5) is 0 Å². The summed E-state index contributed by atoms with van der Waals surface area (Å²) in [5.41, 5.74) is 0. The van der Waals surface area contributed by atoms with Crippen LogP contribution in [0.3, 0.4) is 0 Å². The molecule has 0 heterocycles. The second kappa shape index (κ2) is 11.4. The highest BCUT2D eigenvalue weighted by Gasteiger charge is 2.12. The van der Waals surface area contributed by atoms with Gasteiger partial charge in [0.1, 0.15) is 6.61 Å². The number of carboxylic acid groups (broad SMARTS) is 1. The molecule has 0 amide bonds. The van der Waals surface area contributed by atoms with Crippen molar-refractivity contribution in [1.82, 2.24) is 4.90 Å². The van der Waals surface area contributed by atoms with E-state index in [0.717, 1.165) is 0 Å². The van der Waals surface area contributed by atoms with Gasteiger partial charge in [0.25, 0.3) is 0 Å². The van der Waals surface area contributed by atoms with Gasteiger partial charge in [-0.2, -0.15) is 0 Å². The van der Waals surface area contributed by atoms with Crippen LogP contribution in [0.5, 0.6) is 0 Å². The predicted octanol–water partition coefficient (Wildman–Crippen LogP) is -1.51. The molecule has 0 aliphatic carbocycles. The first kappa shape index (κ1) is 19.6. The Kier molecular flexibility index (Phi) is 12.4. The maximum Gasteiger partial charge on any atom is 0.329 e. The van der Waals surface area contributed by atoms with Crippen molar-refractivity contribution in [2.45, 2.75) is 39.1 Å². The molecular weight excluding hydrogens is 242 g/mol. The molecule has 0 rings (SSSR count). The second-order valence-electron chi connectivity index (χ2n) is 4.32. The lowest BCUT2D eigenvalue weighted by molar-refractivity contribution is -0.140. The van der Waals surface area contributed by atoms with Gasteiger partial charge in [-0.25, -0.2) is 4.79 Å². The Balaban J connectivity index is 0. The van der Waals surface area contributed by atoms with Crippen LogP contribution in [0, 0.1) is 0 Å². The van der Waals surface area contributed by atoms with Crippen LogP contribution < -0.4 is 0 Å². The first-order valence-electron chi connectivity index (χ1n) is 5.78. The van der Waals surface area contributed by atoms with E-state index in [4.69, 9.17) is 30.3 Å². The molecule has 0 aromatic heterocycles. The van der Waals surface area contributed by atoms with Gasteiger partial charge in [-0.3, -0.25) is 4.90 Å². The van der Waals surface area contributed by atoms with E-state index in [-0.39, 0.29) is 0 Å². The molecular formula is C11H25NO6. The molecule has 0 radical (unpaired) electrons.